The van der Waals surface area contributed by atoms with Crippen LogP contribution in [0.15, 0.2) is 0 Å². The van der Waals surface area contributed by atoms with Crippen LogP contribution in [0.1, 0.15) is 31.9 Å². The largest absolute Gasteiger partial charge is 0.479 e. The number of hydrogen-bond acceptors (Lipinski definition) is 6. The zero-order valence-electron chi connectivity index (χ0n) is 15.1. The lowest BCUT2D eigenvalue weighted by atomic mass is 9.99. The van der Waals surface area contributed by atoms with Crippen LogP contribution >= 0.6 is 0 Å². The maximum Gasteiger partial charge on any atom is 0.335 e. The first-order valence-electron chi connectivity index (χ1n) is 7.70. The van der Waals surface area contributed by atoms with E-state index in [9.17, 15) is 24.9 Å². The molecule has 0 heterocycles. The number of carboxylic acids is 1. The molecule has 170 valence electrons. The lowest BCUT2D eigenvalue weighted by Gasteiger charge is -2.23. The molecule has 0 spiro atoms. The van der Waals surface area contributed by atoms with E-state index < -0.39 is 42.6 Å². The molecule has 0 saturated heterocycles. The molecule has 0 fully saturated rings. The SMILES string of the molecule is CC#CC#CC#CC#CC#CC#CC#CCC(=O)[C@@H](O)[C@H](O)[C@@H](O)[C@@H](O)C(=O)O.[HH].[HH].[HH].[HH].[HH].[HH].[HH].[HH].[HH].[HH].[HH].[HH].[HH]. The maximum atomic E-state index is 11.6. The molecule has 5 N–H and O–H groups in total. The van der Waals surface area contributed by atoms with Crippen LogP contribution < -0.4 is 0 Å². The Bertz CT molecular complexity index is 1090. The summed E-state index contributed by atoms with van der Waals surface area (Å²) in [7, 11) is 0. The average Bonchev–Trinajstić information content (AvgIpc) is 2.71. The summed E-state index contributed by atoms with van der Waals surface area (Å²) in [6, 6.07) is 0. The van der Waals surface area contributed by atoms with Crippen LogP contribution in [0, 0.1) is 82.9 Å². The zero-order valence-corrected chi connectivity index (χ0v) is 15.1. The Morgan fingerprint density at radius 2 is 1.07 bits per heavy atom. The number of hydrogen-bond donors (Lipinski definition) is 5. The van der Waals surface area contributed by atoms with Crippen molar-refractivity contribution in [3.05, 3.63) is 0 Å². The van der Waals surface area contributed by atoms with Gasteiger partial charge in [-0.1, -0.05) is 11.8 Å². The summed E-state index contributed by atoms with van der Waals surface area (Å²) in [5.41, 5.74) is 0. The molecule has 0 rings (SSSR count). The van der Waals surface area contributed by atoms with E-state index >= 15 is 0 Å². The van der Waals surface area contributed by atoms with E-state index in [2.05, 4.69) is 82.9 Å². The Balaban J connectivity index is -0.0000000503. The number of aliphatic hydroxyl groups is 4. The predicted molar refractivity (Wildman–Crippen MR) is 129 cm³/mol. The fourth-order valence-corrected chi connectivity index (χ4v) is 1.37. The molecule has 0 aromatic carbocycles. The summed E-state index contributed by atoms with van der Waals surface area (Å²) in [4.78, 5) is 22.1. The number of carbonyl (C=O) groups excluding carboxylic acids is 1. The second kappa shape index (κ2) is 15.0. The summed E-state index contributed by atoms with van der Waals surface area (Å²) in [6.45, 7) is 1.65. The molecule has 29 heavy (non-hydrogen) atoms. The summed E-state index contributed by atoms with van der Waals surface area (Å²) >= 11 is 0. The van der Waals surface area contributed by atoms with Gasteiger partial charge in [-0.2, -0.15) is 0 Å². The number of rotatable bonds is 6. The number of carbonyl (C=O) groups is 2. The summed E-state index contributed by atoms with van der Waals surface area (Å²) in [6.07, 6.45) is -9.47. The van der Waals surface area contributed by atoms with Crippen LogP contribution in [0.2, 0.25) is 0 Å². The van der Waals surface area contributed by atoms with Gasteiger partial charge < -0.3 is 25.5 Å². The summed E-state index contributed by atoms with van der Waals surface area (Å²) < 4.78 is 0. The standard InChI is InChI=1S/C22H14O7.13H2/c1-2-3-4-5-6-7-8-9-10-11-12-13-14-15-16-17(23)18(24)19(25)20(26)21(27)22(28)29;;;;;;;;;;;;;/h18-21,24-27H,16H2,1H3,(H,28,29);13*1H/t18-,19+,20-,21-;;;;;;;;;;;;;/m1............./s1. The molecule has 4 atom stereocenters. The van der Waals surface area contributed by atoms with E-state index in [1.807, 2.05) is 0 Å². The lowest BCUT2D eigenvalue weighted by Crippen LogP contribution is -2.49. The van der Waals surface area contributed by atoms with Gasteiger partial charge in [-0.05, 0) is 78.0 Å². The van der Waals surface area contributed by atoms with Gasteiger partial charge in [0.25, 0.3) is 0 Å². The van der Waals surface area contributed by atoms with Gasteiger partial charge in [-0.3, -0.25) is 4.79 Å². The van der Waals surface area contributed by atoms with Gasteiger partial charge in [0.15, 0.2) is 11.9 Å². The highest BCUT2D eigenvalue weighted by atomic mass is 16.4. The smallest absolute Gasteiger partial charge is 0.335 e. The van der Waals surface area contributed by atoms with Gasteiger partial charge in [0.1, 0.15) is 18.3 Å². The first-order valence-corrected chi connectivity index (χ1v) is 7.70. The third-order valence-electron chi connectivity index (χ3n) is 2.74. The summed E-state index contributed by atoms with van der Waals surface area (Å²) in [5.74, 6) is 30.8. The Labute approximate surface area is 187 Å². The highest BCUT2D eigenvalue weighted by Crippen LogP contribution is 2.07. The molecular formula is C22H40O7. The second-order valence-corrected chi connectivity index (χ2v) is 4.78. The van der Waals surface area contributed by atoms with Crippen LogP contribution in [-0.4, -0.2) is 61.7 Å². The fourth-order valence-electron chi connectivity index (χ4n) is 1.37. The highest BCUT2D eigenvalue weighted by Gasteiger charge is 2.36. The first kappa shape index (κ1) is 24.9. The number of Topliss-reactive ketones (excluding diaryl/α,β-unsaturated/α-hetero) is 1. The first-order chi connectivity index (χ1) is 13.8. The minimum atomic E-state index is -2.36. The normalized spacial score (nSPS) is 11.8. The average molecular weight is 417 g/mol. The minimum absolute atomic E-state index is 0. The molecule has 0 amide bonds. The quantitative estimate of drug-likeness (QED) is 0.403. The molecule has 0 radical (unpaired) electrons. The monoisotopic (exact) mass is 416 g/mol. The molecular weight excluding hydrogens is 376 g/mol. The van der Waals surface area contributed by atoms with Crippen LogP contribution in [0.5, 0.6) is 0 Å². The van der Waals surface area contributed by atoms with Crippen LogP contribution in [0.3, 0.4) is 0 Å². The van der Waals surface area contributed by atoms with Crippen molar-refractivity contribution < 1.29 is 53.7 Å². The molecule has 0 unspecified atom stereocenters. The van der Waals surface area contributed by atoms with E-state index in [1.54, 1.807) is 6.92 Å². The van der Waals surface area contributed by atoms with Gasteiger partial charge >= 0.3 is 5.97 Å². The second-order valence-electron chi connectivity index (χ2n) is 4.78. The molecule has 0 bridgehead atoms. The Morgan fingerprint density at radius 3 is 1.48 bits per heavy atom. The van der Waals surface area contributed by atoms with Crippen LogP contribution in [0.4, 0.5) is 0 Å². The Hall–Kier alpha value is -4.10. The third kappa shape index (κ3) is 11.3. The van der Waals surface area contributed by atoms with Gasteiger partial charge in [-0.15, -0.1) is 0 Å². The molecule has 0 aliphatic rings. The van der Waals surface area contributed by atoms with Gasteiger partial charge in [0.05, 0.1) is 6.42 Å². The van der Waals surface area contributed by atoms with E-state index in [0.717, 1.165) is 0 Å². The van der Waals surface area contributed by atoms with Crippen molar-refractivity contribution in [2.75, 3.05) is 0 Å². The maximum absolute atomic E-state index is 11.6. The number of aliphatic hydroxyl groups excluding tert-OH is 4. The lowest BCUT2D eigenvalue weighted by molar-refractivity contribution is -0.165. The van der Waals surface area contributed by atoms with Crippen LogP contribution in [0.25, 0.3) is 0 Å². The van der Waals surface area contributed by atoms with Crippen molar-refractivity contribution in [1.82, 2.24) is 0 Å². The molecule has 0 saturated carbocycles. The number of carboxylic acid groups (broad SMARTS) is 1. The molecule has 7 nitrogen and oxygen atoms in total. The van der Waals surface area contributed by atoms with Crippen molar-refractivity contribution in [3.8, 4) is 82.9 Å². The highest BCUT2D eigenvalue weighted by molar-refractivity contribution is 5.86. The third-order valence-corrected chi connectivity index (χ3v) is 2.74. The van der Waals surface area contributed by atoms with E-state index in [0.29, 0.717) is 0 Å². The van der Waals surface area contributed by atoms with Crippen molar-refractivity contribution in [3.63, 3.8) is 0 Å². The molecule has 0 aromatic heterocycles. The van der Waals surface area contributed by atoms with Crippen molar-refractivity contribution in [1.29, 1.82) is 0 Å². The molecule has 7 heteroatoms. The topological polar surface area (TPSA) is 135 Å². The van der Waals surface area contributed by atoms with Crippen molar-refractivity contribution in [2.24, 2.45) is 0 Å². The molecule has 0 aliphatic carbocycles. The Morgan fingerprint density at radius 1 is 0.690 bits per heavy atom. The molecule has 0 aromatic rings. The van der Waals surface area contributed by atoms with Gasteiger partial charge in [0.2, 0.25) is 0 Å². The fraction of sp³-hybridized carbons (Fsp3) is 0.273. The Kier molecular flexibility index (Phi) is 12.9. The zero-order chi connectivity index (χ0) is 22.1. The van der Waals surface area contributed by atoms with Crippen LogP contribution in [-0.2, 0) is 9.59 Å². The summed E-state index contributed by atoms with van der Waals surface area (Å²) in [5, 5.41) is 46.0. The van der Waals surface area contributed by atoms with E-state index in [4.69, 9.17) is 10.2 Å². The van der Waals surface area contributed by atoms with Crippen molar-refractivity contribution >= 4 is 11.8 Å². The number of aliphatic carboxylic acids is 1. The van der Waals surface area contributed by atoms with Gasteiger partial charge in [0, 0.05) is 18.5 Å². The predicted octanol–water partition coefficient (Wildman–Crippen LogP) is 0.716. The van der Waals surface area contributed by atoms with E-state index in [1.165, 1.54) is 0 Å². The molecule has 0 aliphatic heterocycles. The van der Waals surface area contributed by atoms with Gasteiger partial charge in [-0.25, -0.2) is 4.79 Å². The van der Waals surface area contributed by atoms with Crippen molar-refractivity contribution in [2.45, 2.75) is 37.8 Å². The van der Waals surface area contributed by atoms with E-state index in [-0.39, 0.29) is 18.5 Å². The minimum Gasteiger partial charge on any atom is -0.479 e. The number of ketones is 1.